The minimum Gasteiger partial charge on any atom is -0.465 e. The number of esters is 1. The molecular weight excluding hydrogens is 216 g/mol. The number of hydrogen-bond donors (Lipinski definition) is 2. The molecule has 0 aliphatic heterocycles. The molecule has 1 aromatic rings. The molecule has 2 rings (SSSR count). The molecule has 0 radical (unpaired) electrons. The highest BCUT2D eigenvalue weighted by atomic mass is 16.5. The number of carbonyl (C=O) groups excluding carboxylic acids is 1. The van der Waals surface area contributed by atoms with Crippen molar-refractivity contribution in [1.29, 1.82) is 0 Å². The Labute approximate surface area is 101 Å². The first-order valence-corrected chi connectivity index (χ1v) is 5.94. The Hall–Kier alpha value is -1.55. The zero-order valence-electron chi connectivity index (χ0n) is 10.0. The molecule has 1 aromatic heterocycles. The fraction of sp³-hybridized carbons (Fsp3) is 0.462. The van der Waals surface area contributed by atoms with Gasteiger partial charge in [0, 0.05) is 24.5 Å². The van der Waals surface area contributed by atoms with Crippen LogP contribution in [0.25, 0.3) is 0 Å². The van der Waals surface area contributed by atoms with E-state index in [2.05, 4.69) is 22.5 Å². The normalized spacial score (nSPS) is 19.2. The third kappa shape index (κ3) is 2.97. The van der Waals surface area contributed by atoms with Crippen LogP contribution in [0, 0.1) is 0 Å². The Morgan fingerprint density at radius 3 is 3.18 bits per heavy atom. The minimum atomic E-state index is -0.286. The molecule has 1 atom stereocenters. The van der Waals surface area contributed by atoms with E-state index in [1.165, 1.54) is 7.11 Å². The lowest BCUT2D eigenvalue weighted by Gasteiger charge is -2.19. The van der Waals surface area contributed by atoms with Crippen molar-refractivity contribution >= 4 is 5.97 Å². The number of nitrogens with one attached hydrogen (secondary N) is 2. The lowest BCUT2D eigenvalue weighted by Crippen LogP contribution is -2.29. The van der Waals surface area contributed by atoms with Crippen LogP contribution in [0.5, 0.6) is 0 Å². The second-order valence-corrected chi connectivity index (χ2v) is 4.22. The van der Waals surface area contributed by atoms with Crippen molar-refractivity contribution in [3.8, 4) is 0 Å². The maximum atomic E-state index is 11.5. The first-order valence-electron chi connectivity index (χ1n) is 5.94. The summed E-state index contributed by atoms with van der Waals surface area (Å²) in [5.41, 5.74) is 1.51. The molecular formula is C13H18N2O2. The number of hydrogen-bond acceptors (Lipinski definition) is 3. The third-order valence-electron chi connectivity index (χ3n) is 3.07. The molecule has 0 saturated carbocycles. The van der Waals surface area contributed by atoms with Crippen LogP contribution in [0.15, 0.2) is 24.4 Å². The summed E-state index contributed by atoms with van der Waals surface area (Å²) in [6.07, 6.45) is 9.54. The molecule has 4 heteroatoms. The van der Waals surface area contributed by atoms with E-state index in [0.717, 1.165) is 25.0 Å². The lowest BCUT2D eigenvalue weighted by atomic mass is 10.0. The van der Waals surface area contributed by atoms with E-state index >= 15 is 0 Å². The maximum Gasteiger partial charge on any atom is 0.339 e. The van der Waals surface area contributed by atoms with Crippen LogP contribution in [0.4, 0.5) is 0 Å². The molecule has 1 heterocycles. The summed E-state index contributed by atoms with van der Waals surface area (Å²) in [7, 11) is 1.40. The Kier molecular flexibility index (Phi) is 3.98. The van der Waals surface area contributed by atoms with Gasteiger partial charge in [0.2, 0.25) is 0 Å². The van der Waals surface area contributed by atoms with Gasteiger partial charge in [-0.15, -0.1) is 0 Å². The van der Waals surface area contributed by atoms with Gasteiger partial charge < -0.3 is 15.0 Å². The molecule has 4 nitrogen and oxygen atoms in total. The Morgan fingerprint density at radius 2 is 2.47 bits per heavy atom. The number of ether oxygens (including phenoxy) is 1. The van der Waals surface area contributed by atoms with E-state index in [9.17, 15) is 4.79 Å². The summed E-state index contributed by atoms with van der Waals surface area (Å²) in [5.74, 6) is -0.286. The van der Waals surface area contributed by atoms with Crippen molar-refractivity contribution in [2.75, 3.05) is 7.11 Å². The number of allylic oxidation sites excluding steroid dienone is 1. The van der Waals surface area contributed by atoms with Gasteiger partial charge in [0.25, 0.3) is 0 Å². The first kappa shape index (κ1) is 11.9. The van der Waals surface area contributed by atoms with Crippen molar-refractivity contribution in [1.82, 2.24) is 10.3 Å². The summed E-state index contributed by atoms with van der Waals surface area (Å²) in [6.45, 7) is 0.677. The van der Waals surface area contributed by atoms with Crippen molar-refractivity contribution in [2.24, 2.45) is 0 Å². The smallest absolute Gasteiger partial charge is 0.339 e. The van der Waals surface area contributed by atoms with Gasteiger partial charge in [0.15, 0.2) is 0 Å². The highest BCUT2D eigenvalue weighted by Gasteiger charge is 2.14. The Morgan fingerprint density at radius 1 is 1.59 bits per heavy atom. The number of methoxy groups -OCH3 is 1. The molecule has 0 saturated heterocycles. The number of aromatic nitrogens is 1. The van der Waals surface area contributed by atoms with Crippen molar-refractivity contribution in [2.45, 2.75) is 31.8 Å². The van der Waals surface area contributed by atoms with Gasteiger partial charge in [0.05, 0.1) is 12.7 Å². The molecule has 92 valence electrons. The molecule has 17 heavy (non-hydrogen) atoms. The van der Waals surface area contributed by atoms with E-state index in [4.69, 9.17) is 4.74 Å². The quantitative estimate of drug-likeness (QED) is 0.619. The molecule has 0 aromatic carbocycles. The second-order valence-electron chi connectivity index (χ2n) is 4.22. The largest absolute Gasteiger partial charge is 0.465 e. The van der Waals surface area contributed by atoms with Crippen LogP contribution in [0.3, 0.4) is 0 Å². The standard InChI is InChI=1S/C13H18N2O2/c1-17-13(16)11-7-8-14-12(11)9-15-10-5-3-2-4-6-10/h2-3,7-8,10,14-15H,4-6,9H2,1H3. The fourth-order valence-electron chi connectivity index (χ4n) is 2.08. The fourth-order valence-corrected chi connectivity index (χ4v) is 2.08. The maximum absolute atomic E-state index is 11.5. The molecule has 1 unspecified atom stereocenters. The average molecular weight is 234 g/mol. The van der Waals surface area contributed by atoms with Gasteiger partial charge in [-0.25, -0.2) is 4.79 Å². The summed E-state index contributed by atoms with van der Waals surface area (Å²) < 4.78 is 4.73. The number of carbonyl (C=O) groups is 1. The van der Waals surface area contributed by atoms with E-state index in [0.29, 0.717) is 18.2 Å². The molecule has 1 aliphatic carbocycles. The zero-order valence-corrected chi connectivity index (χ0v) is 10.0. The topological polar surface area (TPSA) is 54.1 Å². The van der Waals surface area contributed by atoms with Gasteiger partial charge in [-0.05, 0) is 25.3 Å². The molecule has 2 N–H and O–H groups in total. The average Bonchev–Trinajstić information content (AvgIpc) is 2.85. The van der Waals surface area contributed by atoms with Gasteiger partial charge in [-0.2, -0.15) is 0 Å². The highest BCUT2D eigenvalue weighted by Crippen LogP contribution is 2.13. The summed E-state index contributed by atoms with van der Waals surface area (Å²) in [4.78, 5) is 14.5. The minimum absolute atomic E-state index is 0.286. The molecule has 0 bridgehead atoms. The number of aromatic amines is 1. The van der Waals surface area contributed by atoms with Gasteiger partial charge in [0.1, 0.15) is 0 Å². The zero-order chi connectivity index (χ0) is 12.1. The third-order valence-corrected chi connectivity index (χ3v) is 3.07. The van der Waals surface area contributed by atoms with Crippen molar-refractivity contribution < 1.29 is 9.53 Å². The van der Waals surface area contributed by atoms with Crippen LogP contribution in [0.2, 0.25) is 0 Å². The van der Waals surface area contributed by atoms with Crippen LogP contribution in [-0.2, 0) is 11.3 Å². The van der Waals surface area contributed by atoms with Crippen molar-refractivity contribution in [3.05, 3.63) is 35.7 Å². The predicted molar refractivity (Wildman–Crippen MR) is 65.8 cm³/mol. The lowest BCUT2D eigenvalue weighted by molar-refractivity contribution is 0.0599. The summed E-state index contributed by atoms with van der Waals surface area (Å²) >= 11 is 0. The molecule has 0 amide bonds. The number of H-pyrrole nitrogens is 1. The predicted octanol–water partition coefficient (Wildman–Crippen LogP) is 2.00. The van der Waals surface area contributed by atoms with Gasteiger partial charge >= 0.3 is 5.97 Å². The Balaban J connectivity index is 1.92. The summed E-state index contributed by atoms with van der Waals surface area (Å²) in [5, 5.41) is 3.45. The van der Waals surface area contributed by atoms with Gasteiger partial charge in [-0.1, -0.05) is 12.2 Å². The van der Waals surface area contributed by atoms with E-state index in [1.807, 2.05) is 0 Å². The van der Waals surface area contributed by atoms with Crippen LogP contribution in [0.1, 0.15) is 35.3 Å². The van der Waals surface area contributed by atoms with E-state index in [-0.39, 0.29) is 5.97 Å². The van der Waals surface area contributed by atoms with E-state index < -0.39 is 0 Å². The molecule has 0 spiro atoms. The second kappa shape index (κ2) is 5.68. The van der Waals surface area contributed by atoms with Crippen LogP contribution in [-0.4, -0.2) is 24.1 Å². The summed E-state index contributed by atoms with van der Waals surface area (Å²) in [6, 6.07) is 2.26. The monoisotopic (exact) mass is 234 g/mol. The van der Waals surface area contributed by atoms with Crippen LogP contribution < -0.4 is 5.32 Å². The molecule has 0 fully saturated rings. The first-order chi connectivity index (χ1) is 8.31. The Bertz CT molecular complexity index is 409. The number of rotatable bonds is 4. The van der Waals surface area contributed by atoms with Gasteiger partial charge in [-0.3, -0.25) is 0 Å². The SMILES string of the molecule is COC(=O)c1cc[nH]c1CNC1CC=CCC1. The van der Waals surface area contributed by atoms with Crippen molar-refractivity contribution in [3.63, 3.8) is 0 Å². The van der Waals surface area contributed by atoms with E-state index in [1.54, 1.807) is 12.3 Å². The highest BCUT2D eigenvalue weighted by molar-refractivity contribution is 5.90. The van der Waals surface area contributed by atoms with Crippen LogP contribution >= 0.6 is 0 Å². The molecule has 1 aliphatic rings.